The minimum Gasteiger partial charge on any atom is -0.508 e. The Morgan fingerprint density at radius 2 is 1.58 bits per heavy atom. The molecule has 1 aromatic rings. The molecule has 0 spiro atoms. The van der Waals surface area contributed by atoms with Crippen LogP contribution in [0, 0.1) is 0 Å². The quantitative estimate of drug-likeness (QED) is 0.700. The third-order valence-corrected chi connectivity index (χ3v) is 6.59. The van der Waals surface area contributed by atoms with Crippen LogP contribution in [0.2, 0.25) is 6.04 Å². The molecule has 0 bridgehead atoms. The molecule has 1 aromatic carbocycles. The Kier molecular flexibility index (Phi) is 7.13. The van der Waals surface area contributed by atoms with Gasteiger partial charge in [0.15, 0.2) is 0 Å². The van der Waals surface area contributed by atoms with E-state index in [1.54, 1.807) is 6.07 Å². The maximum atomic E-state index is 9.93. The van der Waals surface area contributed by atoms with Crippen LogP contribution in [0.25, 0.3) is 0 Å². The van der Waals surface area contributed by atoms with Crippen molar-refractivity contribution in [2.45, 2.75) is 45.7 Å². The zero-order chi connectivity index (χ0) is 14.1. The summed E-state index contributed by atoms with van der Waals surface area (Å²) >= 11 is 0. The molecule has 0 unspecified atom stereocenters. The molecule has 0 amide bonds. The lowest BCUT2D eigenvalue weighted by atomic mass is 10.2. The Morgan fingerprint density at radius 3 is 2.05 bits per heavy atom. The smallest absolute Gasteiger partial charge is 0.342 e. The van der Waals surface area contributed by atoms with Gasteiger partial charge in [-0.05, 0) is 30.5 Å². The second-order valence-corrected chi connectivity index (χ2v) is 8.23. The van der Waals surface area contributed by atoms with Crippen LogP contribution in [-0.4, -0.2) is 26.9 Å². The molecule has 3 nitrogen and oxygen atoms in total. The van der Waals surface area contributed by atoms with E-state index in [1.165, 1.54) is 0 Å². The summed E-state index contributed by atoms with van der Waals surface area (Å²) < 4.78 is 12.2. The average molecular weight is 282 g/mol. The topological polar surface area (TPSA) is 38.7 Å². The van der Waals surface area contributed by atoms with Crippen molar-refractivity contribution in [2.24, 2.45) is 0 Å². The summed E-state index contributed by atoms with van der Waals surface area (Å²) in [6.45, 7) is 7.80. The first kappa shape index (κ1) is 16.2. The summed E-state index contributed by atoms with van der Waals surface area (Å²) in [7, 11) is -2.24. The average Bonchev–Trinajstić information content (AvgIpc) is 2.44. The van der Waals surface area contributed by atoms with E-state index in [0.717, 1.165) is 43.7 Å². The van der Waals surface area contributed by atoms with Gasteiger partial charge in [-0.25, -0.2) is 0 Å². The van der Waals surface area contributed by atoms with E-state index in [0.29, 0.717) is 5.75 Å². The van der Waals surface area contributed by atoms with Crippen LogP contribution in [-0.2, 0) is 14.9 Å². The second kappa shape index (κ2) is 8.35. The van der Waals surface area contributed by atoms with Gasteiger partial charge >= 0.3 is 8.56 Å². The first-order valence-corrected chi connectivity index (χ1v) is 9.45. The second-order valence-electron chi connectivity index (χ2n) is 4.77. The van der Waals surface area contributed by atoms with Gasteiger partial charge in [-0.15, -0.1) is 0 Å². The largest absolute Gasteiger partial charge is 0.508 e. The first-order valence-electron chi connectivity index (χ1n) is 7.22. The van der Waals surface area contributed by atoms with E-state index in [9.17, 15) is 5.11 Å². The van der Waals surface area contributed by atoms with Crippen LogP contribution < -0.4 is 0 Å². The van der Waals surface area contributed by atoms with Crippen LogP contribution >= 0.6 is 0 Å². The lowest BCUT2D eigenvalue weighted by Crippen LogP contribution is -2.45. The van der Waals surface area contributed by atoms with E-state index in [4.69, 9.17) is 8.85 Å². The first-order chi connectivity index (χ1) is 9.17. The van der Waals surface area contributed by atoms with Crippen LogP contribution in [0.3, 0.4) is 0 Å². The van der Waals surface area contributed by atoms with Crippen molar-refractivity contribution in [1.82, 2.24) is 0 Å². The Bertz CT molecular complexity index is 360. The van der Waals surface area contributed by atoms with Gasteiger partial charge in [-0.1, -0.05) is 39.0 Å². The number of phenols is 1. The molecule has 0 heterocycles. The van der Waals surface area contributed by atoms with Crippen molar-refractivity contribution in [3.05, 3.63) is 29.8 Å². The van der Waals surface area contributed by atoms with Crippen molar-refractivity contribution in [3.63, 3.8) is 0 Å². The molecule has 1 rings (SSSR count). The van der Waals surface area contributed by atoms with E-state index in [2.05, 4.69) is 20.8 Å². The van der Waals surface area contributed by atoms with Crippen molar-refractivity contribution in [3.8, 4) is 5.75 Å². The van der Waals surface area contributed by atoms with Gasteiger partial charge in [0.05, 0.1) is 0 Å². The highest BCUT2D eigenvalue weighted by molar-refractivity contribution is 6.66. The molecule has 0 saturated heterocycles. The fourth-order valence-corrected chi connectivity index (χ4v) is 4.98. The van der Waals surface area contributed by atoms with Crippen LogP contribution in [0.4, 0.5) is 0 Å². The zero-order valence-corrected chi connectivity index (χ0v) is 13.3. The van der Waals surface area contributed by atoms with Crippen molar-refractivity contribution >= 4 is 8.56 Å². The van der Waals surface area contributed by atoms with E-state index < -0.39 is 8.56 Å². The molecule has 0 radical (unpaired) electrons. The molecule has 108 valence electrons. The number of hydrogen-bond acceptors (Lipinski definition) is 3. The Balaban J connectivity index is 2.85. The van der Waals surface area contributed by atoms with Gasteiger partial charge in [0.2, 0.25) is 0 Å². The molecule has 0 aliphatic rings. The number of rotatable bonds is 9. The summed E-state index contributed by atoms with van der Waals surface area (Å²) in [6.07, 6.45) is 1.98. The normalized spacial score (nSPS) is 11.7. The minimum absolute atomic E-state index is 0.341. The third-order valence-electron chi connectivity index (χ3n) is 3.13. The molecular formula is C15H26O3Si. The molecule has 0 fully saturated rings. The number of aromatic hydroxyl groups is 1. The van der Waals surface area contributed by atoms with Gasteiger partial charge in [-0.3, -0.25) is 0 Å². The third kappa shape index (κ3) is 4.97. The molecule has 0 aliphatic heterocycles. The SMILES string of the molecule is CCCO[Si](CC)(Cc1ccccc1O)OCCC. The molecule has 1 N–H and O–H groups in total. The van der Waals surface area contributed by atoms with E-state index in [-0.39, 0.29) is 0 Å². The predicted molar refractivity (Wildman–Crippen MR) is 80.5 cm³/mol. The highest BCUT2D eigenvalue weighted by atomic mass is 28.4. The van der Waals surface area contributed by atoms with E-state index >= 15 is 0 Å². The van der Waals surface area contributed by atoms with Gasteiger partial charge in [-0.2, -0.15) is 0 Å². The predicted octanol–water partition coefficient (Wildman–Crippen LogP) is 3.79. The fourth-order valence-electron chi connectivity index (χ4n) is 2.00. The van der Waals surface area contributed by atoms with Crippen molar-refractivity contribution in [2.75, 3.05) is 13.2 Å². The maximum Gasteiger partial charge on any atom is 0.342 e. The maximum absolute atomic E-state index is 9.93. The van der Waals surface area contributed by atoms with Gasteiger partial charge in [0.1, 0.15) is 5.75 Å². The molecule has 0 saturated carbocycles. The number of phenolic OH excluding ortho intramolecular Hbond substituents is 1. The number of para-hydroxylation sites is 1. The Labute approximate surface area is 117 Å². The highest BCUT2D eigenvalue weighted by Gasteiger charge is 2.36. The summed E-state index contributed by atoms with van der Waals surface area (Å²) in [6, 6.07) is 9.09. The molecule has 4 heteroatoms. The van der Waals surface area contributed by atoms with Gasteiger partial charge in [0, 0.05) is 19.3 Å². The zero-order valence-electron chi connectivity index (χ0n) is 12.3. The lowest BCUT2D eigenvalue weighted by molar-refractivity contribution is 0.167. The fraction of sp³-hybridized carbons (Fsp3) is 0.600. The molecular weight excluding hydrogens is 256 g/mol. The molecule has 19 heavy (non-hydrogen) atoms. The van der Waals surface area contributed by atoms with Crippen LogP contribution in [0.15, 0.2) is 24.3 Å². The Morgan fingerprint density at radius 1 is 1.00 bits per heavy atom. The van der Waals surface area contributed by atoms with E-state index in [1.807, 2.05) is 18.2 Å². The van der Waals surface area contributed by atoms with Gasteiger partial charge in [0.25, 0.3) is 0 Å². The van der Waals surface area contributed by atoms with Crippen molar-refractivity contribution in [1.29, 1.82) is 0 Å². The summed E-state index contributed by atoms with van der Waals surface area (Å²) in [4.78, 5) is 0. The van der Waals surface area contributed by atoms with Crippen molar-refractivity contribution < 1.29 is 14.0 Å². The van der Waals surface area contributed by atoms with Crippen LogP contribution in [0.1, 0.15) is 39.2 Å². The minimum atomic E-state index is -2.24. The summed E-state index contributed by atoms with van der Waals surface area (Å²) in [5.41, 5.74) is 0.934. The van der Waals surface area contributed by atoms with Crippen LogP contribution in [0.5, 0.6) is 5.75 Å². The summed E-state index contributed by atoms with van der Waals surface area (Å²) in [5.74, 6) is 0.341. The monoisotopic (exact) mass is 282 g/mol. The van der Waals surface area contributed by atoms with Gasteiger partial charge < -0.3 is 14.0 Å². The molecule has 0 aromatic heterocycles. The number of hydrogen-bond donors (Lipinski definition) is 1. The lowest BCUT2D eigenvalue weighted by Gasteiger charge is -2.30. The standard InChI is InChI=1S/C15H26O3Si/c1-4-11-17-19(6-3,18-12-5-2)13-14-9-7-8-10-15(14)16/h7-10,16H,4-6,11-13H2,1-3H3. The summed E-state index contributed by atoms with van der Waals surface area (Å²) in [5, 5.41) is 9.93. The Hall–Kier alpha value is -0.843. The molecule has 0 atom stereocenters. The highest BCUT2D eigenvalue weighted by Crippen LogP contribution is 2.25. The molecule has 0 aliphatic carbocycles. The number of benzene rings is 1.